The van der Waals surface area contributed by atoms with E-state index in [1.807, 2.05) is 50.2 Å². The van der Waals surface area contributed by atoms with Crippen molar-refractivity contribution in [2.45, 2.75) is 83.7 Å². The maximum atomic E-state index is 13.8. The van der Waals surface area contributed by atoms with Gasteiger partial charge in [0.05, 0.1) is 11.9 Å². The van der Waals surface area contributed by atoms with Gasteiger partial charge >= 0.3 is 0 Å². The van der Waals surface area contributed by atoms with Crippen molar-refractivity contribution in [3.63, 3.8) is 0 Å². The second kappa shape index (κ2) is 11.8. The SMILES string of the molecule is CCCNC(=O)[C@H](C)N(Cc1ccccc1C)C(=O)CN(c1ccc(C23CC4CC(CC(C4)C2)C3)cc1)S(C)(=O)=O. The van der Waals surface area contributed by atoms with Crippen LogP contribution in [-0.2, 0) is 31.6 Å². The minimum absolute atomic E-state index is 0.213. The Morgan fingerprint density at radius 1 is 0.976 bits per heavy atom. The smallest absolute Gasteiger partial charge is 0.244 e. The maximum Gasteiger partial charge on any atom is 0.244 e. The molecular weight excluding hydrogens is 534 g/mol. The highest BCUT2D eigenvalue weighted by Gasteiger charge is 2.51. The Morgan fingerprint density at radius 3 is 2.10 bits per heavy atom. The second-order valence-electron chi connectivity index (χ2n) is 12.9. The number of nitrogens with zero attached hydrogens (tertiary/aromatic N) is 2. The van der Waals surface area contributed by atoms with Crippen LogP contribution in [-0.4, -0.2) is 50.5 Å². The molecule has 4 aliphatic carbocycles. The van der Waals surface area contributed by atoms with Gasteiger partial charge in [-0.1, -0.05) is 43.3 Å². The number of sulfonamides is 1. The number of rotatable bonds is 11. The number of anilines is 1. The summed E-state index contributed by atoms with van der Waals surface area (Å²) in [6.45, 7) is 6.00. The van der Waals surface area contributed by atoms with Crippen LogP contribution in [0.2, 0.25) is 0 Å². The molecule has 8 heteroatoms. The van der Waals surface area contributed by atoms with Crippen molar-refractivity contribution < 1.29 is 18.0 Å². The predicted molar refractivity (Wildman–Crippen MR) is 163 cm³/mol. The van der Waals surface area contributed by atoms with Crippen LogP contribution < -0.4 is 9.62 Å². The maximum absolute atomic E-state index is 13.8. The molecule has 0 radical (unpaired) electrons. The Kier molecular flexibility index (Phi) is 8.51. The molecule has 0 spiro atoms. The number of benzene rings is 2. The van der Waals surface area contributed by atoms with Crippen molar-refractivity contribution in [2.24, 2.45) is 17.8 Å². The van der Waals surface area contributed by atoms with Crippen LogP contribution in [0.4, 0.5) is 5.69 Å². The lowest BCUT2D eigenvalue weighted by atomic mass is 9.48. The van der Waals surface area contributed by atoms with E-state index < -0.39 is 22.0 Å². The topological polar surface area (TPSA) is 86.8 Å². The third-order valence-corrected chi connectivity index (χ3v) is 10.9. The lowest BCUT2D eigenvalue weighted by Crippen LogP contribution is -2.51. The number of aryl methyl sites for hydroxylation is 1. The van der Waals surface area contributed by atoms with Crippen molar-refractivity contribution in [3.8, 4) is 0 Å². The highest BCUT2D eigenvalue weighted by Crippen LogP contribution is 2.60. The molecule has 4 fully saturated rings. The number of hydrogen-bond acceptors (Lipinski definition) is 4. The van der Waals surface area contributed by atoms with Crippen molar-refractivity contribution in [1.29, 1.82) is 0 Å². The summed E-state index contributed by atoms with van der Waals surface area (Å²) < 4.78 is 27.2. The Labute approximate surface area is 245 Å². The van der Waals surface area contributed by atoms with Gasteiger partial charge in [-0.25, -0.2) is 8.42 Å². The summed E-state index contributed by atoms with van der Waals surface area (Å²) in [6, 6.07) is 14.9. The molecule has 0 unspecified atom stereocenters. The van der Waals surface area contributed by atoms with E-state index in [2.05, 4.69) is 17.4 Å². The summed E-state index contributed by atoms with van der Waals surface area (Å²) in [7, 11) is -3.76. The summed E-state index contributed by atoms with van der Waals surface area (Å²) in [5, 5.41) is 2.88. The van der Waals surface area contributed by atoms with Crippen LogP contribution in [0.5, 0.6) is 0 Å². The van der Waals surface area contributed by atoms with Gasteiger partial charge in [0.1, 0.15) is 12.6 Å². The van der Waals surface area contributed by atoms with Gasteiger partial charge in [0, 0.05) is 13.1 Å². The molecule has 0 aromatic heterocycles. The minimum Gasteiger partial charge on any atom is -0.354 e. The van der Waals surface area contributed by atoms with Gasteiger partial charge in [-0.05, 0) is 111 Å². The lowest BCUT2D eigenvalue weighted by molar-refractivity contribution is -0.139. The summed E-state index contributed by atoms with van der Waals surface area (Å²) >= 11 is 0. The Balaban J connectivity index is 1.39. The van der Waals surface area contributed by atoms with E-state index in [0.717, 1.165) is 41.6 Å². The van der Waals surface area contributed by atoms with Gasteiger partial charge in [-0.3, -0.25) is 13.9 Å². The van der Waals surface area contributed by atoms with E-state index in [4.69, 9.17) is 0 Å². The molecule has 222 valence electrons. The van der Waals surface area contributed by atoms with Gasteiger partial charge in [-0.15, -0.1) is 0 Å². The highest BCUT2D eigenvalue weighted by molar-refractivity contribution is 7.92. The largest absolute Gasteiger partial charge is 0.354 e. The molecule has 4 bridgehead atoms. The predicted octanol–water partition coefficient (Wildman–Crippen LogP) is 5.17. The standard InChI is InChI=1S/C33H45N3O4S/c1-5-14-34-32(38)24(3)35(21-28-9-7-6-8-23(28)2)31(37)22-36(41(4,39)40)30-12-10-29(11-13-30)33-18-25-15-26(19-33)17-27(16-25)20-33/h6-13,24-27H,5,14-22H2,1-4H3,(H,34,38)/t24-,25?,26?,27?,33?/m0/s1. The quantitative estimate of drug-likeness (QED) is 0.398. The van der Waals surface area contributed by atoms with Crippen LogP contribution in [0.15, 0.2) is 48.5 Å². The molecule has 4 saturated carbocycles. The van der Waals surface area contributed by atoms with E-state index in [1.165, 1.54) is 53.3 Å². The van der Waals surface area contributed by atoms with Crippen LogP contribution >= 0.6 is 0 Å². The van der Waals surface area contributed by atoms with Gasteiger partial charge in [0.2, 0.25) is 21.8 Å². The van der Waals surface area contributed by atoms with E-state index >= 15 is 0 Å². The molecule has 6 rings (SSSR count). The van der Waals surface area contributed by atoms with Crippen LogP contribution in [0.1, 0.15) is 75.5 Å². The molecule has 0 heterocycles. The molecule has 2 aromatic rings. The summed E-state index contributed by atoms with van der Waals surface area (Å²) in [5.74, 6) is 1.80. The van der Waals surface area contributed by atoms with Crippen molar-refractivity contribution in [3.05, 3.63) is 65.2 Å². The minimum atomic E-state index is -3.76. The van der Waals surface area contributed by atoms with Gasteiger partial charge in [0.15, 0.2) is 0 Å². The van der Waals surface area contributed by atoms with E-state index in [9.17, 15) is 18.0 Å². The zero-order valence-corrected chi connectivity index (χ0v) is 25.8. The third-order valence-electron chi connectivity index (χ3n) is 9.80. The number of hydrogen-bond donors (Lipinski definition) is 1. The van der Waals surface area contributed by atoms with Crippen LogP contribution in [0, 0.1) is 24.7 Å². The van der Waals surface area contributed by atoms with E-state index in [-0.39, 0.29) is 24.4 Å². The third kappa shape index (κ3) is 6.32. The Morgan fingerprint density at radius 2 is 1.56 bits per heavy atom. The summed E-state index contributed by atoms with van der Waals surface area (Å²) in [4.78, 5) is 28.3. The average molecular weight is 580 g/mol. The zero-order chi connectivity index (χ0) is 29.4. The molecule has 1 N–H and O–H groups in total. The van der Waals surface area contributed by atoms with Gasteiger partial charge in [0.25, 0.3) is 0 Å². The van der Waals surface area contributed by atoms with Gasteiger partial charge < -0.3 is 10.2 Å². The average Bonchev–Trinajstić information content (AvgIpc) is 2.92. The normalized spacial score (nSPS) is 25.5. The molecule has 2 amide bonds. The Bertz CT molecular complexity index is 1340. The van der Waals surface area contributed by atoms with Gasteiger partial charge in [-0.2, -0.15) is 0 Å². The molecule has 0 saturated heterocycles. The molecule has 1 atom stereocenters. The molecule has 41 heavy (non-hydrogen) atoms. The van der Waals surface area contributed by atoms with E-state index in [1.54, 1.807) is 6.92 Å². The first-order chi connectivity index (χ1) is 19.5. The lowest BCUT2D eigenvalue weighted by Gasteiger charge is -2.57. The second-order valence-corrected chi connectivity index (χ2v) is 14.8. The Hall–Kier alpha value is -2.87. The van der Waals surface area contributed by atoms with Crippen LogP contribution in [0.25, 0.3) is 0 Å². The molecule has 7 nitrogen and oxygen atoms in total. The summed E-state index contributed by atoms with van der Waals surface area (Å²) in [6.07, 6.45) is 9.73. The molecule has 4 aliphatic rings. The monoisotopic (exact) mass is 579 g/mol. The number of carbonyl (C=O) groups is 2. The number of carbonyl (C=O) groups excluding carboxylic acids is 2. The molecule has 2 aromatic carbocycles. The van der Waals surface area contributed by atoms with E-state index in [0.29, 0.717) is 12.2 Å². The first kappa shape index (κ1) is 29.6. The first-order valence-electron chi connectivity index (χ1n) is 15.2. The highest BCUT2D eigenvalue weighted by atomic mass is 32.2. The molecular formula is C33H45N3O4S. The van der Waals surface area contributed by atoms with Crippen molar-refractivity contribution in [1.82, 2.24) is 10.2 Å². The number of nitrogens with one attached hydrogen (secondary N) is 1. The first-order valence-corrected chi connectivity index (χ1v) is 17.0. The zero-order valence-electron chi connectivity index (χ0n) is 24.9. The van der Waals surface area contributed by atoms with Crippen molar-refractivity contribution >= 4 is 27.5 Å². The van der Waals surface area contributed by atoms with Crippen LogP contribution in [0.3, 0.4) is 0 Å². The van der Waals surface area contributed by atoms with Crippen molar-refractivity contribution in [2.75, 3.05) is 23.7 Å². The fraction of sp³-hybridized carbons (Fsp3) is 0.576. The fourth-order valence-corrected chi connectivity index (χ4v) is 8.86. The number of amides is 2. The fourth-order valence-electron chi connectivity index (χ4n) is 8.01. The molecule has 0 aliphatic heterocycles. The summed E-state index contributed by atoms with van der Waals surface area (Å²) in [5.41, 5.74) is 3.93.